The molecule has 19 heavy (non-hydrogen) atoms. The van der Waals surface area contributed by atoms with Crippen LogP contribution >= 0.6 is 0 Å². The average Bonchev–Trinajstić information content (AvgIpc) is 2.82. The van der Waals surface area contributed by atoms with Crippen LogP contribution < -0.4 is 0 Å². The van der Waals surface area contributed by atoms with Crippen molar-refractivity contribution in [1.29, 1.82) is 0 Å². The van der Waals surface area contributed by atoms with Gasteiger partial charge < -0.3 is 14.2 Å². The van der Waals surface area contributed by atoms with Crippen molar-refractivity contribution in [3.63, 3.8) is 0 Å². The summed E-state index contributed by atoms with van der Waals surface area (Å²) in [6.45, 7) is 10.8. The first-order valence-corrected chi connectivity index (χ1v) is 6.15. The number of esters is 2. The Kier molecular flexibility index (Phi) is 5.30. The van der Waals surface area contributed by atoms with Crippen molar-refractivity contribution in [1.82, 2.24) is 0 Å². The fourth-order valence-electron chi connectivity index (χ4n) is 1.67. The number of hydrogen-bond donors (Lipinski definition) is 0. The summed E-state index contributed by atoms with van der Waals surface area (Å²) in [5.41, 5.74) is -0.0879. The van der Waals surface area contributed by atoms with E-state index in [4.69, 9.17) is 14.2 Å². The minimum absolute atomic E-state index is 0.0577. The van der Waals surface area contributed by atoms with Gasteiger partial charge in [0.1, 0.15) is 18.8 Å². The maximum absolute atomic E-state index is 11.4. The second kappa shape index (κ2) is 6.52. The number of carbonyl (C=O) groups is 2. The molecular formula is C14H20O5. The molecule has 1 fully saturated rings. The van der Waals surface area contributed by atoms with Gasteiger partial charge in [0.25, 0.3) is 0 Å². The second-order valence-electron chi connectivity index (χ2n) is 4.85. The molecule has 0 aromatic rings. The predicted octanol–water partition coefficient (Wildman–Crippen LogP) is 1.77. The van der Waals surface area contributed by atoms with E-state index in [2.05, 4.69) is 13.2 Å². The van der Waals surface area contributed by atoms with Crippen molar-refractivity contribution >= 4 is 11.9 Å². The molecule has 106 valence electrons. The Bertz CT molecular complexity index is 359. The summed E-state index contributed by atoms with van der Waals surface area (Å²) in [6, 6.07) is 0. The molecule has 0 bridgehead atoms. The Balaban J connectivity index is 2.54. The number of ether oxygens (including phenoxy) is 3. The van der Waals surface area contributed by atoms with Crippen LogP contribution in [-0.4, -0.2) is 37.4 Å². The SMILES string of the molecule is C=C(C)C(=O)OCC1(COC(=O)C(=C)C)CCCO1. The van der Waals surface area contributed by atoms with Crippen LogP contribution in [0.2, 0.25) is 0 Å². The van der Waals surface area contributed by atoms with E-state index in [-0.39, 0.29) is 13.2 Å². The summed E-state index contributed by atoms with van der Waals surface area (Å²) >= 11 is 0. The zero-order valence-electron chi connectivity index (χ0n) is 11.5. The van der Waals surface area contributed by atoms with E-state index in [9.17, 15) is 9.59 Å². The highest BCUT2D eigenvalue weighted by Crippen LogP contribution is 2.27. The monoisotopic (exact) mass is 268 g/mol. The number of hydrogen-bond acceptors (Lipinski definition) is 5. The van der Waals surface area contributed by atoms with E-state index >= 15 is 0 Å². The molecule has 1 rings (SSSR count). The van der Waals surface area contributed by atoms with Gasteiger partial charge in [-0.25, -0.2) is 9.59 Å². The molecule has 0 N–H and O–H groups in total. The van der Waals surface area contributed by atoms with Crippen molar-refractivity contribution in [3.05, 3.63) is 24.3 Å². The van der Waals surface area contributed by atoms with Crippen LogP contribution in [0.5, 0.6) is 0 Å². The largest absolute Gasteiger partial charge is 0.459 e. The third-order valence-electron chi connectivity index (χ3n) is 2.81. The van der Waals surface area contributed by atoms with Crippen LogP contribution in [0, 0.1) is 0 Å². The van der Waals surface area contributed by atoms with Gasteiger partial charge in [0.05, 0.1) is 0 Å². The van der Waals surface area contributed by atoms with Gasteiger partial charge in [0.15, 0.2) is 0 Å². The quantitative estimate of drug-likeness (QED) is 0.542. The lowest BCUT2D eigenvalue weighted by Gasteiger charge is -2.27. The van der Waals surface area contributed by atoms with Crippen molar-refractivity contribution < 1.29 is 23.8 Å². The molecule has 5 nitrogen and oxygen atoms in total. The molecule has 0 atom stereocenters. The van der Waals surface area contributed by atoms with Gasteiger partial charge in [-0.1, -0.05) is 13.2 Å². The fourth-order valence-corrected chi connectivity index (χ4v) is 1.67. The lowest BCUT2D eigenvalue weighted by atomic mass is 10.0. The summed E-state index contributed by atoms with van der Waals surface area (Å²) in [7, 11) is 0. The summed E-state index contributed by atoms with van der Waals surface area (Å²) in [6.07, 6.45) is 1.52. The van der Waals surface area contributed by atoms with Gasteiger partial charge >= 0.3 is 11.9 Å². The summed E-state index contributed by atoms with van der Waals surface area (Å²) in [4.78, 5) is 22.8. The molecule has 5 heteroatoms. The minimum Gasteiger partial charge on any atom is -0.459 e. The highest BCUT2D eigenvalue weighted by atomic mass is 16.6. The summed E-state index contributed by atoms with van der Waals surface area (Å²) < 4.78 is 15.8. The molecule has 0 spiro atoms. The highest BCUT2D eigenvalue weighted by Gasteiger charge is 2.38. The fraction of sp³-hybridized carbons (Fsp3) is 0.571. The molecule has 0 saturated carbocycles. The summed E-state index contributed by atoms with van der Waals surface area (Å²) in [5, 5.41) is 0. The van der Waals surface area contributed by atoms with Gasteiger partial charge in [-0.3, -0.25) is 0 Å². The van der Waals surface area contributed by atoms with Crippen LogP contribution in [0.15, 0.2) is 24.3 Å². The molecule has 0 aromatic heterocycles. The van der Waals surface area contributed by atoms with Gasteiger partial charge in [0, 0.05) is 17.8 Å². The minimum atomic E-state index is -0.740. The predicted molar refractivity (Wildman–Crippen MR) is 69.5 cm³/mol. The number of rotatable bonds is 6. The Hall–Kier alpha value is -1.62. The van der Waals surface area contributed by atoms with Crippen LogP contribution in [0.3, 0.4) is 0 Å². The van der Waals surface area contributed by atoms with Gasteiger partial charge in [0.2, 0.25) is 0 Å². The summed E-state index contributed by atoms with van der Waals surface area (Å²) in [5.74, 6) is -0.942. The molecule has 0 radical (unpaired) electrons. The Morgan fingerprint density at radius 1 is 1.11 bits per heavy atom. The lowest BCUT2D eigenvalue weighted by Crippen LogP contribution is -2.40. The van der Waals surface area contributed by atoms with Crippen molar-refractivity contribution in [2.24, 2.45) is 0 Å². The molecule has 1 aliphatic heterocycles. The molecule has 0 unspecified atom stereocenters. The maximum atomic E-state index is 11.4. The third-order valence-corrected chi connectivity index (χ3v) is 2.81. The Labute approximate surface area is 113 Å². The van der Waals surface area contributed by atoms with E-state index < -0.39 is 17.5 Å². The van der Waals surface area contributed by atoms with Gasteiger partial charge in [-0.2, -0.15) is 0 Å². The average molecular weight is 268 g/mol. The molecule has 0 amide bonds. The van der Waals surface area contributed by atoms with Crippen LogP contribution in [-0.2, 0) is 23.8 Å². The third kappa shape index (κ3) is 4.52. The van der Waals surface area contributed by atoms with Crippen LogP contribution in [0.4, 0.5) is 0 Å². The lowest BCUT2D eigenvalue weighted by molar-refractivity contribution is -0.159. The van der Waals surface area contributed by atoms with E-state index in [0.29, 0.717) is 24.2 Å². The topological polar surface area (TPSA) is 61.8 Å². The molecule has 1 saturated heterocycles. The maximum Gasteiger partial charge on any atom is 0.333 e. The molecule has 1 heterocycles. The Morgan fingerprint density at radius 2 is 1.58 bits per heavy atom. The van der Waals surface area contributed by atoms with Crippen molar-refractivity contribution in [2.75, 3.05) is 19.8 Å². The van der Waals surface area contributed by atoms with E-state index in [1.807, 2.05) is 0 Å². The normalized spacial score (nSPS) is 16.7. The molecule has 0 aliphatic carbocycles. The molecule has 1 aliphatic rings. The standard InChI is InChI=1S/C14H20O5/c1-10(2)12(15)17-8-14(6-5-7-19-14)9-18-13(16)11(3)4/h1,3,5-9H2,2,4H3. The van der Waals surface area contributed by atoms with E-state index in [1.165, 1.54) is 0 Å². The molecule has 0 aromatic carbocycles. The smallest absolute Gasteiger partial charge is 0.333 e. The van der Waals surface area contributed by atoms with Crippen LogP contribution in [0.25, 0.3) is 0 Å². The van der Waals surface area contributed by atoms with Crippen LogP contribution in [0.1, 0.15) is 26.7 Å². The van der Waals surface area contributed by atoms with E-state index in [1.54, 1.807) is 13.8 Å². The zero-order valence-corrected chi connectivity index (χ0v) is 11.5. The Morgan fingerprint density at radius 3 is 1.89 bits per heavy atom. The van der Waals surface area contributed by atoms with E-state index in [0.717, 1.165) is 6.42 Å². The first-order valence-electron chi connectivity index (χ1n) is 6.15. The van der Waals surface area contributed by atoms with Gasteiger partial charge in [-0.05, 0) is 26.7 Å². The highest BCUT2D eigenvalue weighted by molar-refractivity contribution is 5.87. The zero-order chi connectivity index (χ0) is 14.5. The second-order valence-corrected chi connectivity index (χ2v) is 4.85. The number of carbonyl (C=O) groups excluding carboxylic acids is 2. The molecular weight excluding hydrogens is 248 g/mol. The van der Waals surface area contributed by atoms with Gasteiger partial charge in [-0.15, -0.1) is 0 Å². The van der Waals surface area contributed by atoms with Crippen molar-refractivity contribution in [3.8, 4) is 0 Å². The first kappa shape index (κ1) is 15.4. The van der Waals surface area contributed by atoms with Crippen molar-refractivity contribution in [2.45, 2.75) is 32.3 Å². The first-order chi connectivity index (χ1) is 8.86.